The Labute approximate surface area is 122 Å². The monoisotopic (exact) mass is 305 g/mol. The lowest BCUT2D eigenvalue weighted by Crippen LogP contribution is -2.45. The second kappa shape index (κ2) is 7.43. The lowest BCUT2D eigenvalue weighted by atomic mass is 9.98. The SMILES string of the molecule is CC(O)C1CCCCN1Cc1ccc(CSC(F)F)o1. The number of piperidine rings is 1. The van der Waals surface area contributed by atoms with E-state index in [2.05, 4.69) is 4.90 Å². The van der Waals surface area contributed by atoms with Gasteiger partial charge >= 0.3 is 0 Å². The number of likely N-dealkylation sites (tertiary alicyclic amines) is 1. The first kappa shape index (κ1) is 15.8. The van der Waals surface area contributed by atoms with Gasteiger partial charge in [-0.25, -0.2) is 0 Å². The fourth-order valence-corrected chi connectivity index (χ4v) is 3.13. The van der Waals surface area contributed by atoms with Crippen molar-refractivity contribution in [3.8, 4) is 0 Å². The normalized spacial score (nSPS) is 22.4. The summed E-state index contributed by atoms with van der Waals surface area (Å²) in [6.07, 6.45) is 2.89. The zero-order valence-electron chi connectivity index (χ0n) is 11.6. The van der Waals surface area contributed by atoms with E-state index in [9.17, 15) is 13.9 Å². The zero-order valence-corrected chi connectivity index (χ0v) is 12.4. The minimum absolute atomic E-state index is 0.160. The molecule has 2 heterocycles. The van der Waals surface area contributed by atoms with Crippen molar-refractivity contribution in [3.05, 3.63) is 23.7 Å². The Morgan fingerprint density at radius 3 is 2.85 bits per heavy atom. The molecule has 114 valence electrons. The van der Waals surface area contributed by atoms with Gasteiger partial charge in [0.15, 0.2) is 0 Å². The maximum absolute atomic E-state index is 12.1. The van der Waals surface area contributed by atoms with Crippen LogP contribution in [0.25, 0.3) is 0 Å². The zero-order chi connectivity index (χ0) is 14.5. The highest BCUT2D eigenvalue weighted by atomic mass is 32.2. The molecule has 20 heavy (non-hydrogen) atoms. The third-order valence-corrected chi connectivity index (χ3v) is 4.35. The summed E-state index contributed by atoms with van der Waals surface area (Å²) in [6.45, 7) is 3.39. The highest BCUT2D eigenvalue weighted by molar-refractivity contribution is 7.98. The summed E-state index contributed by atoms with van der Waals surface area (Å²) >= 11 is 0.569. The third kappa shape index (κ3) is 4.46. The lowest BCUT2D eigenvalue weighted by Gasteiger charge is -2.36. The molecule has 1 aromatic heterocycles. The molecule has 3 nitrogen and oxygen atoms in total. The number of aliphatic hydroxyl groups excluding tert-OH is 1. The van der Waals surface area contributed by atoms with E-state index in [0.29, 0.717) is 24.1 Å². The van der Waals surface area contributed by atoms with Crippen LogP contribution < -0.4 is 0 Å². The summed E-state index contributed by atoms with van der Waals surface area (Å²) < 4.78 is 29.8. The molecule has 1 fully saturated rings. The molecule has 1 aromatic rings. The van der Waals surface area contributed by atoms with E-state index in [-0.39, 0.29) is 17.9 Å². The first-order chi connectivity index (χ1) is 9.56. The van der Waals surface area contributed by atoms with E-state index in [1.54, 1.807) is 6.07 Å². The van der Waals surface area contributed by atoms with Crippen molar-refractivity contribution in [2.75, 3.05) is 6.54 Å². The summed E-state index contributed by atoms with van der Waals surface area (Å²) in [5, 5.41) is 9.82. The number of hydrogen-bond acceptors (Lipinski definition) is 4. The number of nitrogens with zero attached hydrogens (tertiary/aromatic N) is 1. The highest BCUT2D eigenvalue weighted by Gasteiger charge is 2.26. The van der Waals surface area contributed by atoms with E-state index in [0.717, 1.165) is 31.6 Å². The molecule has 1 aliphatic rings. The van der Waals surface area contributed by atoms with Crippen LogP contribution in [-0.4, -0.2) is 34.5 Å². The number of halogens is 2. The van der Waals surface area contributed by atoms with Gasteiger partial charge in [0.25, 0.3) is 5.76 Å². The van der Waals surface area contributed by atoms with Crippen LogP contribution in [0.1, 0.15) is 37.7 Å². The Balaban J connectivity index is 1.91. The van der Waals surface area contributed by atoms with Gasteiger partial charge in [0, 0.05) is 6.04 Å². The fourth-order valence-electron chi connectivity index (χ4n) is 2.69. The first-order valence-electron chi connectivity index (χ1n) is 6.95. The lowest BCUT2D eigenvalue weighted by molar-refractivity contribution is 0.0279. The Morgan fingerprint density at radius 2 is 2.15 bits per heavy atom. The third-order valence-electron chi connectivity index (χ3n) is 3.65. The van der Waals surface area contributed by atoms with E-state index < -0.39 is 5.76 Å². The van der Waals surface area contributed by atoms with Crippen molar-refractivity contribution in [2.24, 2.45) is 0 Å². The molecule has 0 saturated carbocycles. The van der Waals surface area contributed by atoms with Gasteiger partial charge in [-0.3, -0.25) is 4.90 Å². The van der Waals surface area contributed by atoms with Crippen LogP contribution in [0.15, 0.2) is 16.5 Å². The Morgan fingerprint density at radius 1 is 1.40 bits per heavy atom. The van der Waals surface area contributed by atoms with Gasteiger partial charge in [-0.05, 0) is 38.4 Å². The standard InChI is InChI=1S/C14H21F2NO2S/c1-10(18)13-4-2-3-7-17(13)8-11-5-6-12(19-11)9-20-14(15)16/h5-6,10,13-14,18H,2-4,7-9H2,1H3. The predicted molar refractivity (Wildman–Crippen MR) is 75.7 cm³/mol. The smallest absolute Gasteiger partial charge is 0.284 e. The molecule has 1 N–H and O–H groups in total. The minimum atomic E-state index is -2.37. The maximum Gasteiger partial charge on any atom is 0.284 e. The van der Waals surface area contributed by atoms with Crippen LogP contribution in [0.4, 0.5) is 8.78 Å². The number of rotatable bonds is 6. The molecular weight excluding hydrogens is 284 g/mol. The van der Waals surface area contributed by atoms with Gasteiger partial charge in [-0.15, -0.1) is 0 Å². The van der Waals surface area contributed by atoms with Gasteiger partial charge in [-0.2, -0.15) is 8.78 Å². The summed E-state index contributed by atoms with van der Waals surface area (Å²) in [5.41, 5.74) is 0. The van der Waals surface area contributed by atoms with Crippen molar-refractivity contribution >= 4 is 11.8 Å². The number of aliphatic hydroxyl groups is 1. The van der Waals surface area contributed by atoms with Gasteiger partial charge in [-0.1, -0.05) is 18.2 Å². The molecule has 0 amide bonds. The topological polar surface area (TPSA) is 36.6 Å². The van der Waals surface area contributed by atoms with E-state index in [1.807, 2.05) is 13.0 Å². The second-order valence-electron chi connectivity index (χ2n) is 5.21. The van der Waals surface area contributed by atoms with Crippen LogP contribution in [0.3, 0.4) is 0 Å². The number of furan rings is 1. The summed E-state index contributed by atoms with van der Waals surface area (Å²) in [7, 11) is 0. The molecule has 6 heteroatoms. The predicted octanol–water partition coefficient (Wildman–Crippen LogP) is 3.47. The van der Waals surface area contributed by atoms with Crippen LogP contribution in [0.2, 0.25) is 0 Å². The molecule has 0 aliphatic carbocycles. The first-order valence-corrected chi connectivity index (χ1v) is 8.00. The van der Waals surface area contributed by atoms with Crippen LogP contribution in [-0.2, 0) is 12.3 Å². The van der Waals surface area contributed by atoms with Crippen molar-refractivity contribution in [3.63, 3.8) is 0 Å². The molecule has 1 saturated heterocycles. The average Bonchev–Trinajstić information content (AvgIpc) is 2.84. The molecule has 0 radical (unpaired) electrons. The molecule has 2 unspecified atom stereocenters. The molecular formula is C14H21F2NO2S. The van der Waals surface area contributed by atoms with E-state index in [1.165, 1.54) is 0 Å². The molecule has 1 aliphatic heterocycles. The van der Waals surface area contributed by atoms with Crippen LogP contribution in [0, 0.1) is 0 Å². The fraction of sp³-hybridized carbons (Fsp3) is 0.714. The van der Waals surface area contributed by atoms with Crippen LogP contribution >= 0.6 is 11.8 Å². The number of alkyl halides is 2. The van der Waals surface area contributed by atoms with E-state index >= 15 is 0 Å². The van der Waals surface area contributed by atoms with Gasteiger partial charge < -0.3 is 9.52 Å². The summed E-state index contributed by atoms with van der Waals surface area (Å²) in [4.78, 5) is 2.22. The summed E-state index contributed by atoms with van der Waals surface area (Å²) in [5.74, 6) is -0.819. The Bertz CT molecular complexity index is 412. The Kier molecular flexibility index (Phi) is 5.86. The number of hydrogen-bond donors (Lipinski definition) is 1. The maximum atomic E-state index is 12.1. The second-order valence-corrected chi connectivity index (χ2v) is 6.19. The minimum Gasteiger partial charge on any atom is -0.464 e. The number of thioether (sulfide) groups is 1. The molecule has 0 bridgehead atoms. The highest BCUT2D eigenvalue weighted by Crippen LogP contribution is 2.25. The molecule has 0 spiro atoms. The van der Waals surface area contributed by atoms with E-state index in [4.69, 9.17) is 4.42 Å². The quantitative estimate of drug-likeness (QED) is 0.873. The van der Waals surface area contributed by atoms with Gasteiger partial charge in [0.1, 0.15) is 11.5 Å². The van der Waals surface area contributed by atoms with Crippen molar-refractivity contribution in [1.29, 1.82) is 0 Å². The van der Waals surface area contributed by atoms with Gasteiger partial charge in [0.05, 0.1) is 18.4 Å². The summed E-state index contributed by atoms with van der Waals surface area (Å²) in [6, 6.07) is 3.76. The molecule has 0 aromatic carbocycles. The van der Waals surface area contributed by atoms with Crippen molar-refractivity contribution < 1.29 is 18.3 Å². The largest absolute Gasteiger partial charge is 0.464 e. The molecule has 2 atom stereocenters. The van der Waals surface area contributed by atoms with Gasteiger partial charge in [0.2, 0.25) is 0 Å². The Hall–Kier alpha value is -0.590. The van der Waals surface area contributed by atoms with Crippen molar-refractivity contribution in [2.45, 2.75) is 56.4 Å². The van der Waals surface area contributed by atoms with Crippen molar-refractivity contribution in [1.82, 2.24) is 4.90 Å². The molecule has 2 rings (SSSR count). The average molecular weight is 305 g/mol. The van der Waals surface area contributed by atoms with Crippen LogP contribution in [0.5, 0.6) is 0 Å².